The molecule has 0 saturated carbocycles. The van der Waals surface area contributed by atoms with Crippen LogP contribution in [0, 0.1) is 0 Å². The molecule has 0 unspecified atom stereocenters. The minimum absolute atomic E-state index is 0.00902. The Morgan fingerprint density at radius 1 is 1.25 bits per heavy atom. The Balaban J connectivity index is 2.10. The molecule has 20 heavy (non-hydrogen) atoms. The number of halogens is 3. The Morgan fingerprint density at radius 2 is 1.95 bits per heavy atom. The summed E-state index contributed by atoms with van der Waals surface area (Å²) in [5.74, 6) is -0.408. The van der Waals surface area contributed by atoms with Crippen molar-refractivity contribution in [3.05, 3.63) is 30.0 Å². The second kappa shape index (κ2) is 5.95. The third kappa shape index (κ3) is 3.73. The van der Waals surface area contributed by atoms with Gasteiger partial charge in [-0.2, -0.15) is 0 Å². The minimum atomic E-state index is -4.77. The van der Waals surface area contributed by atoms with Crippen LogP contribution in [-0.4, -0.2) is 23.0 Å². The van der Waals surface area contributed by atoms with Crippen molar-refractivity contribution in [3.8, 4) is 11.5 Å². The van der Waals surface area contributed by atoms with Gasteiger partial charge in [0.1, 0.15) is 17.3 Å². The molecule has 0 aliphatic rings. The lowest BCUT2D eigenvalue weighted by atomic mass is 10.3. The van der Waals surface area contributed by atoms with Crippen molar-refractivity contribution < 1.29 is 22.6 Å². The van der Waals surface area contributed by atoms with Gasteiger partial charge in [-0.1, -0.05) is 16.6 Å². The molecular weight excluding hydrogens is 295 g/mol. The molecule has 0 saturated heterocycles. The van der Waals surface area contributed by atoms with E-state index in [4.69, 9.17) is 4.74 Å². The lowest BCUT2D eigenvalue weighted by Crippen LogP contribution is -2.17. The van der Waals surface area contributed by atoms with E-state index in [1.165, 1.54) is 18.2 Å². The summed E-state index contributed by atoms with van der Waals surface area (Å²) in [5.41, 5.74) is 0.513. The first kappa shape index (κ1) is 14.4. The van der Waals surface area contributed by atoms with Gasteiger partial charge in [-0.15, -0.1) is 18.3 Å². The molecule has 0 atom stereocenters. The zero-order valence-electron chi connectivity index (χ0n) is 10.3. The van der Waals surface area contributed by atoms with Crippen LogP contribution < -0.4 is 14.8 Å². The van der Waals surface area contributed by atoms with Gasteiger partial charge < -0.3 is 14.8 Å². The van der Waals surface area contributed by atoms with Crippen LogP contribution in [0.1, 0.15) is 5.69 Å². The summed E-state index contributed by atoms with van der Waals surface area (Å²) in [6.45, 7) is -0.00902. The zero-order chi connectivity index (χ0) is 14.6. The quantitative estimate of drug-likeness (QED) is 0.920. The molecule has 1 aromatic heterocycles. The van der Waals surface area contributed by atoms with Gasteiger partial charge >= 0.3 is 6.36 Å². The third-order valence-corrected chi connectivity index (χ3v) is 3.01. The Kier molecular flexibility index (Phi) is 4.28. The summed E-state index contributed by atoms with van der Waals surface area (Å²) in [7, 11) is 1.69. The maximum atomic E-state index is 12.2. The van der Waals surface area contributed by atoms with E-state index in [-0.39, 0.29) is 12.4 Å². The van der Waals surface area contributed by atoms with Crippen LogP contribution in [0.15, 0.2) is 24.3 Å². The fourth-order valence-corrected chi connectivity index (χ4v) is 1.93. The number of para-hydroxylation sites is 2. The largest absolute Gasteiger partial charge is 0.573 e. The van der Waals surface area contributed by atoms with Crippen molar-refractivity contribution in [1.29, 1.82) is 0 Å². The molecule has 9 heteroatoms. The minimum Gasteiger partial charge on any atom is -0.483 e. The number of rotatable bonds is 5. The van der Waals surface area contributed by atoms with E-state index in [0.29, 0.717) is 10.7 Å². The van der Waals surface area contributed by atoms with Crippen molar-refractivity contribution >= 4 is 16.5 Å². The first-order valence-electron chi connectivity index (χ1n) is 5.46. The molecule has 5 nitrogen and oxygen atoms in total. The van der Waals surface area contributed by atoms with E-state index >= 15 is 0 Å². The molecular formula is C11H10F3N3O2S. The molecule has 1 aromatic carbocycles. The number of hydrogen-bond acceptors (Lipinski definition) is 6. The van der Waals surface area contributed by atoms with Crippen molar-refractivity contribution in [1.82, 2.24) is 9.59 Å². The number of aromatic nitrogens is 2. The molecule has 2 rings (SSSR count). The monoisotopic (exact) mass is 305 g/mol. The highest BCUT2D eigenvalue weighted by Gasteiger charge is 2.32. The van der Waals surface area contributed by atoms with Crippen molar-refractivity contribution in [2.24, 2.45) is 0 Å². The maximum Gasteiger partial charge on any atom is 0.573 e. The zero-order valence-corrected chi connectivity index (χ0v) is 11.1. The van der Waals surface area contributed by atoms with Crippen LogP contribution >= 0.6 is 11.5 Å². The molecule has 0 amide bonds. The topological polar surface area (TPSA) is 56.3 Å². The summed E-state index contributed by atoms with van der Waals surface area (Å²) in [4.78, 5) is 0. The van der Waals surface area contributed by atoms with Gasteiger partial charge in [-0.25, -0.2) is 0 Å². The summed E-state index contributed by atoms with van der Waals surface area (Å²) in [6, 6.07) is 5.55. The molecule has 0 aliphatic carbocycles. The first-order valence-corrected chi connectivity index (χ1v) is 6.23. The number of nitrogens with zero attached hydrogens (tertiary/aromatic N) is 2. The van der Waals surface area contributed by atoms with E-state index in [0.717, 1.165) is 11.5 Å². The Hall–Kier alpha value is -2.03. The number of alkyl halides is 3. The van der Waals surface area contributed by atoms with Crippen LogP contribution in [0.3, 0.4) is 0 Å². The Morgan fingerprint density at radius 3 is 2.60 bits per heavy atom. The number of anilines is 1. The highest BCUT2D eigenvalue weighted by Crippen LogP contribution is 2.32. The average molecular weight is 305 g/mol. The van der Waals surface area contributed by atoms with Crippen LogP contribution in [0.2, 0.25) is 0 Å². The van der Waals surface area contributed by atoms with Gasteiger partial charge in [0.15, 0.2) is 11.5 Å². The van der Waals surface area contributed by atoms with Crippen LogP contribution in [-0.2, 0) is 6.61 Å². The molecule has 1 heterocycles. The van der Waals surface area contributed by atoms with Gasteiger partial charge in [0.2, 0.25) is 0 Å². The van der Waals surface area contributed by atoms with Gasteiger partial charge in [0.25, 0.3) is 0 Å². The molecule has 0 spiro atoms. The summed E-state index contributed by atoms with van der Waals surface area (Å²) < 4.78 is 49.7. The molecule has 0 radical (unpaired) electrons. The summed E-state index contributed by atoms with van der Waals surface area (Å²) >= 11 is 1.14. The van der Waals surface area contributed by atoms with Crippen LogP contribution in [0.5, 0.6) is 11.5 Å². The Labute approximate surface area is 116 Å². The van der Waals surface area contributed by atoms with Crippen molar-refractivity contribution in [3.63, 3.8) is 0 Å². The van der Waals surface area contributed by atoms with Gasteiger partial charge in [-0.05, 0) is 12.1 Å². The van der Waals surface area contributed by atoms with E-state index in [1.54, 1.807) is 13.1 Å². The molecule has 1 N–H and O–H groups in total. The number of ether oxygens (including phenoxy) is 2. The standard InChI is InChI=1S/C11H10F3N3O2S/c1-15-10-7(16-17-20-10)6-18-8-4-2-3-5-9(8)19-11(12,13)14/h2-5,15H,6H2,1H3. The molecule has 0 fully saturated rings. The van der Waals surface area contributed by atoms with Gasteiger partial charge in [0.05, 0.1) is 0 Å². The highest BCUT2D eigenvalue weighted by molar-refractivity contribution is 7.10. The van der Waals surface area contributed by atoms with Crippen molar-refractivity contribution in [2.75, 3.05) is 12.4 Å². The average Bonchev–Trinajstić information content (AvgIpc) is 2.83. The highest BCUT2D eigenvalue weighted by atomic mass is 32.1. The number of hydrogen-bond donors (Lipinski definition) is 1. The fraction of sp³-hybridized carbons (Fsp3) is 0.273. The van der Waals surface area contributed by atoms with Crippen LogP contribution in [0.4, 0.5) is 18.2 Å². The normalized spacial score (nSPS) is 11.2. The van der Waals surface area contributed by atoms with Crippen LogP contribution in [0.25, 0.3) is 0 Å². The van der Waals surface area contributed by atoms with E-state index in [1.807, 2.05) is 0 Å². The third-order valence-electron chi connectivity index (χ3n) is 2.22. The predicted octanol–water partition coefficient (Wildman–Crippen LogP) is 3.06. The fourth-order valence-electron chi connectivity index (χ4n) is 1.42. The van der Waals surface area contributed by atoms with Gasteiger partial charge in [0, 0.05) is 18.6 Å². The van der Waals surface area contributed by atoms with E-state index in [2.05, 4.69) is 19.6 Å². The second-order valence-electron chi connectivity index (χ2n) is 3.58. The van der Waals surface area contributed by atoms with Gasteiger partial charge in [-0.3, -0.25) is 0 Å². The SMILES string of the molecule is CNc1snnc1COc1ccccc1OC(F)(F)F. The molecule has 2 aromatic rings. The molecule has 0 aliphatic heterocycles. The number of nitrogens with one attached hydrogen (secondary N) is 1. The summed E-state index contributed by atoms with van der Waals surface area (Å²) in [6.07, 6.45) is -4.77. The first-order chi connectivity index (χ1) is 9.49. The summed E-state index contributed by atoms with van der Waals surface area (Å²) in [5, 5.41) is 7.39. The lowest BCUT2D eigenvalue weighted by Gasteiger charge is -2.13. The van der Waals surface area contributed by atoms with E-state index < -0.39 is 12.1 Å². The second-order valence-corrected chi connectivity index (χ2v) is 4.34. The Bertz CT molecular complexity index is 574. The molecule has 0 bridgehead atoms. The maximum absolute atomic E-state index is 12.2. The predicted molar refractivity (Wildman–Crippen MR) is 66.9 cm³/mol. The van der Waals surface area contributed by atoms with E-state index in [9.17, 15) is 13.2 Å². The van der Waals surface area contributed by atoms with Crippen molar-refractivity contribution in [2.45, 2.75) is 13.0 Å². The lowest BCUT2D eigenvalue weighted by molar-refractivity contribution is -0.275. The molecule has 108 valence electrons. The smallest absolute Gasteiger partial charge is 0.483 e. The number of benzene rings is 1.